The van der Waals surface area contributed by atoms with Crippen LogP contribution in [0, 0.1) is 0 Å². The molecule has 2 heterocycles. The van der Waals surface area contributed by atoms with Crippen LogP contribution in [0.3, 0.4) is 0 Å². The number of nitrogens with zero attached hydrogens (tertiary/aromatic N) is 2. The molecule has 156 valence electrons. The lowest BCUT2D eigenvalue weighted by Gasteiger charge is -2.29. The summed E-state index contributed by atoms with van der Waals surface area (Å²) in [5, 5.41) is -0.481. The summed E-state index contributed by atoms with van der Waals surface area (Å²) in [6.07, 6.45) is 5.25. The summed E-state index contributed by atoms with van der Waals surface area (Å²) in [6, 6.07) is 4.90. The van der Waals surface area contributed by atoms with Crippen LogP contribution in [0.2, 0.25) is 0 Å². The highest BCUT2D eigenvalue weighted by molar-refractivity contribution is 8.18. The van der Waals surface area contributed by atoms with Gasteiger partial charge in [0.25, 0.3) is 11.1 Å². The number of imide groups is 1. The average molecular weight is 419 g/mol. The van der Waals surface area contributed by atoms with Gasteiger partial charge in [-0.15, -0.1) is 0 Å². The summed E-state index contributed by atoms with van der Waals surface area (Å²) in [5.41, 5.74) is 1.80. The van der Waals surface area contributed by atoms with Crippen molar-refractivity contribution in [1.29, 1.82) is 0 Å². The van der Waals surface area contributed by atoms with Crippen LogP contribution in [0.4, 0.5) is 10.5 Å². The first-order valence-electron chi connectivity index (χ1n) is 9.83. The van der Waals surface area contributed by atoms with Crippen LogP contribution in [0.15, 0.2) is 23.1 Å². The van der Waals surface area contributed by atoms with Crippen LogP contribution in [0.25, 0.3) is 6.08 Å². The summed E-state index contributed by atoms with van der Waals surface area (Å²) < 4.78 is 10.5. The van der Waals surface area contributed by atoms with Crippen molar-refractivity contribution in [2.24, 2.45) is 0 Å². The number of carbonyl (C=O) groups is 3. The second-order valence-electron chi connectivity index (χ2n) is 6.95. The van der Waals surface area contributed by atoms with Crippen LogP contribution in [0.5, 0.6) is 5.75 Å². The second-order valence-corrected chi connectivity index (χ2v) is 7.95. The molecule has 0 spiro atoms. The summed E-state index contributed by atoms with van der Waals surface area (Å²) >= 11 is 0.817. The van der Waals surface area contributed by atoms with E-state index in [1.807, 2.05) is 18.2 Å². The standard InChI is InChI=1S/C21H26N2O5S/c1-4-28-20(25)14(2)23-19(24)18(29-21(23)26)12-15-8-9-16(13-17(15)27-3)22-10-6-5-7-11-22/h8-9,12-14H,4-7,10-11H2,1-3H3/b18-12+/t14-/m1/s1. The highest BCUT2D eigenvalue weighted by Gasteiger charge is 2.41. The highest BCUT2D eigenvalue weighted by Crippen LogP contribution is 2.36. The minimum atomic E-state index is -0.961. The molecule has 0 saturated carbocycles. The predicted molar refractivity (Wildman–Crippen MR) is 113 cm³/mol. The molecule has 2 saturated heterocycles. The molecule has 1 aromatic carbocycles. The molecule has 0 N–H and O–H groups in total. The largest absolute Gasteiger partial charge is 0.496 e. The van der Waals surface area contributed by atoms with Gasteiger partial charge in [-0.05, 0) is 63.1 Å². The van der Waals surface area contributed by atoms with Crippen LogP contribution in [0.1, 0.15) is 38.7 Å². The Labute approximate surface area is 175 Å². The topological polar surface area (TPSA) is 76.2 Å². The molecule has 2 amide bonds. The van der Waals surface area contributed by atoms with Gasteiger partial charge < -0.3 is 14.4 Å². The van der Waals surface area contributed by atoms with Crippen LogP contribution in [-0.4, -0.2) is 54.9 Å². The lowest BCUT2D eigenvalue weighted by Crippen LogP contribution is -2.42. The zero-order valence-electron chi connectivity index (χ0n) is 17.0. The minimum absolute atomic E-state index is 0.190. The van der Waals surface area contributed by atoms with Gasteiger partial charge in [-0.1, -0.05) is 0 Å². The Hall–Kier alpha value is -2.48. The lowest BCUT2D eigenvalue weighted by molar-refractivity contribution is -0.150. The molecule has 0 bridgehead atoms. The number of ether oxygens (including phenoxy) is 2. The van der Waals surface area contributed by atoms with Crippen LogP contribution < -0.4 is 9.64 Å². The maximum Gasteiger partial charge on any atom is 0.329 e. The van der Waals surface area contributed by atoms with Gasteiger partial charge in [0.2, 0.25) is 0 Å². The van der Waals surface area contributed by atoms with Gasteiger partial charge >= 0.3 is 5.97 Å². The van der Waals surface area contributed by atoms with E-state index in [1.54, 1.807) is 20.1 Å². The van der Waals surface area contributed by atoms with Gasteiger partial charge in [-0.2, -0.15) is 0 Å². The molecule has 0 aromatic heterocycles. The molecular formula is C21H26N2O5S. The number of amides is 2. The minimum Gasteiger partial charge on any atom is -0.496 e. The summed E-state index contributed by atoms with van der Waals surface area (Å²) in [4.78, 5) is 40.6. The molecule has 2 aliphatic heterocycles. The van der Waals surface area contributed by atoms with Crippen molar-refractivity contribution < 1.29 is 23.9 Å². The van der Waals surface area contributed by atoms with E-state index in [9.17, 15) is 14.4 Å². The number of anilines is 1. The van der Waals surface area contributed by atoms with Gasteiger partial charge in [0.05, 0.1) is 18.6 Å². The third-order valence-electron chi connectivity index (χ3n) is 5.06. The highest BCUT2D eigenvalue weighted by atomic mass is 32.2. The Morgan fingerprint density at radius 1 is 1.24 bits per heavy atom. The van der Waals surface area contributed by atoms with E-state index in [1.165, 1.54) is 26.2 Å². The van der Waals surface area contributed by atoms with Crippen molar-refractivity contribution in [2.45, 2.75) is 39.2 Å². The van der Waals surface area contributed by atoms with E-state index >= 15 is 0 Å². The van der Waals surface area contributed by atoms with E-state index in [2.05, 4.69) is 4.90 Å². The maximum absolute atomic E-state index is 12.7. The number of esters is 1. The number of benzene rings is 1. The Bertz CT molecular complexity index is 832. The Kier molecular flexibility index (Phi) is 6.84. The first kappa shape index (κ1) is 21.2. The van der Waals surface area contributed by atoms with Crippen molar-refractivity contribution in [3.8, 4) is 5.75 Å². The molecular weight excluding hydrogens is 392 g/mol. The number of methoxy groups -OCH3 is 1. The van der Waals surface area contributed by atoms with Crippen LogP contribution >= 0.6 is 11.8 Å². The Morgan fingerprint density at radius 2 is 1.97 bits per heavy atom. The number of hydrogen-bond donors (Lipinski definition) is 0. The first-order valence-corrected chi connectivity index (χ1v) is 10.6. The quantitative estimate of drug-likeness (QED) is 0.515. The van der Waals surface area contributed by atoms with Gasteiger partial charge in [0.1, 0.15) is 11.8 Å². The monoisotopic (exact) mass is 418 g/mol. The fourth-order valence-electron chi connectivity index (χ4n) is 3.49. The van der Waals surface area contributed by atoms with E-state index < -0.39 is 23.2 Å². The normalized spacial score (nSPS) is 19.6. The van der Waals surface area contributed by atoms with E-state index in [4.69, 9.17) is 9.47 Å². The number of thioether (sulfide) groups is 1. The predicted octanol–water partition coefficient (Wildman–Crippen LogP) is 3.67. The van der Waals surface area contributed by atoms with Crippen molar-refractivity contribution in [2.75, 3.05) is 31.7 Å². The summed E-state index contributed by atoms with van der Waals surface area (Å²) in [6.45, 7) is 5.40. The molecule has 1 atom stereocenters. The Morgan fingerprint density at radius 3 is 2.62 bits per heavy atom. The van der Waals surface area contributed by atoms with E-state index in [0.717, 1.165) is 35.4 Å². The van der Waals surface area contributed by atoms with Gasteiger partial charge in [-0.25, -0.2) is 4.79 Å². The average Bonchev–Trinajstić information content (AvgIpc) is 3.01. The van der Waals surface area contributed by atoms with Crippen molar-refractivity contribution >= 4 is 40.6 Å². The second kappa shape index (κ2) is 9.35. The fraction of sp³-hybridized carbons (Fsp3) is 0.476. The number of rotatable bonds is 6. The summed E-state index contributed by atoms with van der Waals surface area (Å²) in [5.74, 6) is -0.458. The Balaban J connectivity index is 1.83. The fourth-order valence-corrected chi connectivity index (χ4v) is 4.39. The molecule has 29 heavy (non-hydrogen) atoms. The van der Waals surface area contributed by atoms with Gasteiger partial charge in [0, 0.05) is 30.4 Å². The third kappa shape index (κ3) is 4.58. The van der Waals surface area contributed by atoms with Crippen molar-refractivity contribution in [3.05, 3.63) is 28.7 Å². The molecule has 3 rings (SSSR count). The molecule has 1 aromatic rings. The maximum atomic E-state index is 12.7. The van der Waals surface area contributed by atoms with Gasteiger partial charge in [-0.3, -0.25) is 14.5 Å². The molecule has 0 unspecified atom stereocenters. The zero-order chi connectivity index (χ0) is 21.0. The molecule has 2 aliphatic rings. The number of piperidine rings is 1. The van der Waals surface area contributed by atoms with E-state index in [-0.39, 0.29) is 11.5 Å². The van der Waals surface area contributed by atoms with Crippen molar-refractivity contribution in [3.63, 3.8) is 0 Å². The number of carbonyl (C=O) groups excluding carboxylic acids is 3. The number of hydrogen-bond acceptors (Lipinski definition) is 7. The first-order chi connectivity index (χ1) is 14.0. The van der Waals surface area contributed by atoms with Crippen molar-refractivity contribution in [1.82, 2.24) is 4.90 Å². The molecule has 2 fully saturated rings. The van der Waals surface area contributed by atoms with Gasteiger partial charge in [0.15, 0.2) is 0 Å². The summed E-state index contributed by atoms with van der Waals surface area (Å²) in [7, 11) is 1.58. The lowest BCUT2D eigenvalue weighted by atomic mass is 10.1. The smallest absolute Gasteiger partial charge is 0.329 e. The van der Waals surface area contributed by atoms with Crippen LogP contribution in [-0.2, 0) is 14.3 Å². The van der Waals surface area contributed by atoms with E-state index in [0.29, 0.717) is 11.3 Å². The zero-order valence-corrected chi connectivity index (χ0v) is 17.8. The molecule has 0 aliphatic carbocycles. The molecule has 0 radical (unpaired) electrons. The third-order valence-corrected chi connectivity index (χ3v) is 5.95. The SMILES string of the molecule is CCOC(=O)[C@@H](C)N1C(=O)S/C(=C/c2ccc(N3CCCCC3)cc2OC)C1=O. The molecule has 8 heteroatoms. The molecule has 7 nitrogen and oxygen atoms in total.